The minimum absolute atomic E-state index is 0.100. The summed E-state index contributed by atoms with van der Waals surface area (Å²) in [7, 11) is 0. The molecule has 2 N–H and O–H groups in total. The van der Waals surface area contributed by atoms with E-state index < -0.39 is 5.97 Å². The average Bonchev–Trinajstić information content (AvgIpc) is 2.62. The number of carboxylic acid groups (broad SMARTS) is 1. The number of benzene rings is 1. The molecule has 5 nitrogen and oxygen atoms in total. The summed E-state index contributed by atoms with van der Waals surface area (Å²) in [6.07, 6.45) is 4.18. The summed E-state index contributed by atoms with van der Waals surface area (Å²) in [5.41, 5.74) is 2.87. The van der Waals surface area contributed by atoms with Crippen molar-refractivity contribution in [1.82, 2.24) is 9.97 Å². The van der Waals surface area contributed by atoms with Gasteiger partial charge in [0.05, 0.1) is 11.6 Å². The highest BCUT2D eigenvalue weighted by Gasteiger charge is 2.47. The van der Waals surface area contributed by atoms with Crippen molar-refractivity contribution in [1.29, 1.82) is 0 Å². The molecule has 5 rings (SSSR count). The van der Waals surface area contributed by atoms with E-state index in [-0.39, 0.29) is 23.2 Å². The van der Waals surface area contributed by atoms with Crippen LogP contribution in [0, 0.1) is 24.7 Å². The van der Waals surface area contributed by atoms with E-state index in [4.69, 9.17) is 11.6 Å². The van der Waals surface area contributed by atoms with E-state index in [2.05, 4.69) is 15.3 Å². The normalized spacial score (nSPS) is 27.3. The molecule has 6 heteroatoms. The number of halogens is 1. The number of fused-ring (bicyclic) bond motifs is 3. The summed E-state index contributed by atoms with van der Waals surface area (Å²) in [5, 5.41) is 13.3. The summed E-state index contributed by atoms with van der Waals surface area (Å²) in [6.45, 7) is 2.04. The predicted molar refractivity (Wildman–Crippen MR) is 101 cm³/mol. The van der Waals surface area contributed by atoms with Crippen molar-refractivity contribution in [3.05, 3.63) is 41.2 Å². The van der Waals surface area contributed by atoms with Gasteiger partial charge >= 0.3 is 5.97 Å². The van der Waals surface area contributed by atoms with Crippen LogP contribution < -0.4 is 5.32 Å². The van der Waals surface area contributed by atoms with Gasteiger partial charge in [0.25, 0.3) is 0 Å². The molecule has 1 heterocycles. The molecule has 26 heavy (non-hydrogen) atoms. The zero-order chi connectivity index (χ0) is 18.3. The van der Waals surface area contributed by atoms with E-state index in [0.717, 1.165) is 36.9 Å². The van der Waals surface area contributed by atoms with Crippen LogP contribution in [0.5, 0.6) is 0 Å². The molecule has 3 saturated carbocycles. The van der Waals surface area contributed by atoms with Crippen molar-refractivity contribution >= 4 is 23.4 Å². The minimum Gasteiger partial charge on any atom is -0.481 e. The number of anilines is 1. The summed E-state index contributed by atoms with van der Waals surface area (Å²) >= 11 is 6.15. The van der Waals surface area contributed by atoms with Crippen LogP contribution >= 0.6 is 11.6 Å². The van der Waals surface area contributed by atoms with Crippen molar-refractivity contribution in [2.24, 2.45) is 17.8 Å². The second-order valence-electron chi connectivity index (χ2n) is 7.48. The van der Waals surface area contributed by atoms with E-state index in [9.17, 15) is 9.90 Å². The Morgan fingerprint density at radius 2 is 1.77 bits per heavy atom. The summed E-state index contributed by atoms with van der Waals surface area (Å²) in [4.78, 5) is 20.5. The first-order valence-corrected chi connectivity index (χ1v) is 9.50. The van der Waals surface area contributed by atoms with Crippen molar-refractivity contribution in [2.45, 2.75) is 38.6 Å². The lowest BCUT2D eigenvalue weighted by Crippen LogP contribution is -2.51. The van der Waals surface area contributed by atoms with E-state index in [0.29, 0.717) is 11.7 Å². The lowest BCUT2D eigenvalue weighted by molar-refractivity contribution is -0.148. The molecule has 0 spiro atoms. The van der Waals surface area contributed by atoms with Crippen LogP contribution in [0.4, 0.5) is 5.82 Å². The Morgan fingerprint density at radius 1 is 1.12 bits per heavy atom. The zero-order valence-electron chi connectivity index (χ0n) is 14.7. The van der Waals surface area contributed by atoms with Gasteiger partial charge in [-0.15, -0.1) is 0 Å². The predicted octanol–water partition coefficient (Wildman–Crippen LogP) is 4.41. The standard InChI is InChI=1S/C20H22ClN3O2/c1-11-2-4-12(5-3-11)15-10-16(24-20(21)22-15)23-18-14-8-6-13(7-9-14)17(18)19(25)26/h2-5,10,13-14,17-18H,6-9H2,1H3,(H,25,26)(H,22,23,24). The van der Waals surface area contributed by atoms with Crippen LogP contribution in [0.25, 0.3) is 11.3 Å². The second-order valence-corrected chi connectivity index (χ2v) is 7.82. The highest BCUT2D eigenvalue weighted by Crippen LogP contribution is 2.46. The molecule has 1 aromatic carbocycles. The highest BCUT2D eigenvalue weighted by atomic mass is 35.5. The third-order valence-electron chi connectivity index (χ3n) is 5.87. The quantitative estimate of drug-likeness (QED) is 0.779. The van der Waals surface area contributed by atoms with Gasteiger partial charge in [0.15, 0.2) is 0 Å². The van der Waals surface area contributed by atoms with Crippen molar-refractivity contribution in [3.63, 3.8) is 0 Å². The molecule has 3 aliphatic rings. The number of carboxylic acids is 1. The van der Waals surface area contributed by atoms with Crippen LogP contribution in [0.1, 0.15) is 31.2 Å². The number of aromatic nitrogens is 2. The number of aliphatic carboxylic acids is 1. The van der Waals surface area contributed by atoms with Crippen molar-refractivity contribution in [2.75, 3.05) is 5.32 Å². The third kappa shape index (κ3) is 3.28. The molecule has 0 aliphatic heterocycles. The number of hydrogen-bond acceptors (Lipinski definition) is 4. The molecule has 3 aliphatic carbocycles. The van der Waals surface area contributed by atoms with Crippen LogP contribution in [0.3, 0.4) is 0 Å². The summed E-state index contributed by atoms with van der Waals surface area (Å²) in [5.74, 6) is 0.154. The number of hydrogen-bond donors (Lipinski definition) is 2. The molecule has 0 saturated heterocycles. The largest absolute Gasteiger partial charge is 0.481 e. The minimum atomic E-state index is -0.712. The first-order valence-electron chi connectivity index (χ1n) is 9.12. The Morgan fingerprint density at radius 3 is 2.42 bits per heavy atom. The number of rotatable bonds is 4. The van der Waals surface area contributed by atoms with Gasteiger partial charge in [0, 0.05) is 17.7 Å². The van der Waals surface area contributed by atoms with E-state index in [1.165, 1.54) is 5.56 Å². The molecule has 2 unspecified atom stereocenters. The van der Waals surface area contributed by atoms with Crippen LogP contribution in [-0.4, -0.2) is 27.1 Å². The van der Waals surface area contributed by atoms with Crippen LogP contribution in [-0.2, 0) is 4.79 Å². The fourth-order valence-electron chi connectivity index (χ4n) is 4.55. The van der Waals surface area contributed by atoms with Gasteiger partial charge < -0.3 is 10.4 Å². The Bertz CT molecular complexity index is 816. The molecule has 0 amide bonds. The lowest BCUT2D eigenvalue weighted by Gasteiger charge is -2.47. The third-order valence-corrected chi connectivity index (χ3v) is 6.03. The SMILES string of the molecule is Cc1ccc(-c2cc(NC3C4CCC(CC4)C3C(=O)O)nc(Cl)n2)cc1. The van der Waals surface area contributed by atoms with Gasteiger partial charge in [-0.1, -0.05) is 29.8 Å². The molecular weight excluding hydrogens is 350 g/mol. The zero-order valence-corrected chi connectivity index (χ0v) is 15.4. The Balaban J connectivity index is 1.63. The van der Waals surface area contributed by atoms with Gasteiger partial charge in [0.2, 0.25) is 5.28 Å². The first kappa shape index (κ1) is 17.3. The van der Waals surface area contributed by atoms with Gasteiger partial charge in [-0.2, -0.15) is 0 Å². The molecule has 136 valence electrons. The molecule has 2 bridgehead atoms. The fraction of sp³-hybridized carbons (Fsp3) is 0.450. The van der Waals surface area contributed by atoms with Gasteiger partial charge in [-0.25, -0.2) is 9.97 Å². The number of nitrogens with one attached hydrogen (secondary N) is 1. The highest BCUT2D eigenvalue weighted by molar-refractivity contribution is 6.28. The monoisotopic (exact) mass is 371 g/mol. The Labute approximate surface area is 157 Å². The molecule has 2 aromatic rings. The molecule has 3 fully saturated rings. The first-order chi connectivity index (χ1) is 12.5. The van der Waals surface area contributed by atoms with E-state index in [1.807, 2.05) is 37.3 Å². The van der Waals surface area contributed by atoms with Gasteiger partial charge in [-0.3, -0.25) is 4.79 Å². The van der Waals surface area contributed by atoms with Gasteiger partial charge in [-0.05, 0) is 56.0 Å². The molecule has 0 radical (unpaired) electrons. The number of aryl methyl sites for hydroxylation is 1. The lowest BCUT2D eigenvalue weighted by atomic mass is 9.61. The Hall–Kier alpha value is -2.14. The van der Waals surface area contributed by atoms with Crippen LogP contribution in [0.2, 0.25) is 5.28 Å². The fourth-order valence-corrected chi connectivity index (χ4v) is 4.73. The molecule has 1 aromatic heterocycles. The van der Waals surface area contributed by atoms with Crippen molar-refractivity contribution < 1.29 is 9.90 Å². The maximum absolute atomic E-state index is 11.8. The Kier molecular flexibility index (Phi) is 4.57. The average molecular weight is 372 g/mol. The van der Waals surface area contributed by atoms with E-state index in [1.54, 1.807) is 0 Å². The second kappa shape index (κ2) is 6.88. The number of nitrogens with zero attached hydrogens (tertiary/aromatic N) is 2. The maximum atomic E-state index is 11.8. The molecular formula is C20H22ClN3O2. The van der Waals surface area contributed by atoms with Crippen molar-refractivity contribution in [3.8, 4) is 11.3 Å². The summed E-state index contributed by atoms with van der Waals surface area (Å²) < 4.78 is 0. The summed E-state index contributed by atoms with van der Waals surface area (Å²) in [6, 6.07) is 9.81. The van der Waals surface area contributed by atoms with Gasteiger partial charge in [0.1, 0.15) is 5.82 Å². The molecule has 2 atom stereocenters. The topological polar surface area (TPSA) is 75.1 Å². The van der Waals surface area contributed by atoms with Crippen LogP contribution in [0.15, 0.2) is 30.3 Å². The van der Waals surface area contributed by atoms with E-state index >= 15 is 0 Å². The number of carbonyl (C=O) groups is 1. The smallest absolute Gasteiger partial charge is 0.308 e. The maximum Gasteiger partial charge on any atom is 0.308 e.